The Morgan fingerprint density at radius 2 is 0.897 bits per heavy atom. The third kappa shape index (κ3) is 2.07. The van der Waals surface area contributed by atoms with Gasteiger partial charge in [-0.1, -0.05) is 66.7 Å². The number of ether oxygens (including phenoxy) is 2. The van der Waals surface area contributed by atoms with E-state index in [1.807, 2.05) is 18.2 Å². The second kappa shape index (κ2) is 5.42. The van der Waals surface area contributed by atoms with Gasteiger partial charge in [-0.3, -0.25) is 0 Å². The van der Waals surface area contributed by atoms with Gasteiger partial charge in [0.25, 0.3) is 6.71 Å². The summed E-state index contributed by atoms with van der Waals surface area (Å²) in [4.78, 5) is 0. The molecule has 0 atom stereocenters. The summed E-state index contributed by atoms with van der Waals surface area (Å²) in [7, 11) is 0. The van der Waals surface area contributed by atoms with E-state index in [0.29, 0.717) is 0 Å². The maximum absolute atomic E-state index is 6.35. The van der Waals surface area contributed by atoms with Gasteiger partial charge in [-0.25, -0.2) is 0 Å². The maximum atomic E-state index is 6.35. The number of hydrogen-bond donors (Lipinski definition) is 0. The lowest BCUT2D eigenvalue weighted by Crippen LogP contribution is -2.57. The zero-order valence-electron chi connectivity index (χ0n) is 15.6. The molecular formula is C26H15BO2. The summed E-state index contributed by atoms with van der Waals surface area (Å²) in [5.41, 5.74) is 3.52. The van der Waals surface area contributed by atoms with Gasteiger partial charge in [-0.05, 0) is 56.7 Å². The average molecular weight is 370 g/mol. The van der Waals surface area contributed by atoms with Crippen LogP contribution in [0.2, 0.25) is 0 Å². The van der Waals surface area contributed by atoms with Crippen molar-refractivity contribution in [2.24, 2.45) is 0 Å². The van der Waals surface area contributed by atoms with Crippen LogP contribution in [0, 0.1) is 0 Å². The second-order valence-corrected chi connectivity index (χ2v) is 7.78. The summed E-state index contributed by atoms with van der Waals surface area (Å²) in [6.45, 7) is 0.0999. The molecule has 2 heterocycles. The minimum atomic E-state index is 0.0999. The number of benzene rings is 5. The maximum Gasteiger partial charge on any atom is 0.260 e. The molecule has 0 fully saturated rings. The van der Waals surface area contributed by atoms with Crippen molar-refractivity contribution in [2.45, 2.75) is 0 Å². The minimum absolute atomic E-state index is 0.0999. The summed E-state index contributed by atoms with van der Waals surface area (Å²) in [6, 6.07) is 31.9. The van der Waals surface area contributed by atoms with Crippen molar-refractivity contribution < 1.29 is 9.47 Å². The normalized spacial score (nSPS) is 13.3. The van der Waals surface area contributed by atoms with E-state index >= 15 is 0 Å². The van der Waals surface area contributed by atoms with Gasteiger partial charge in [-0.15, -0.1) is 0 Å². The largest absolute Gasteiger partial charge is 0.458 e. The van der Waals surface area contributed by atoms with E-state index in [1.54, 1.807) is 0 Å². The van der Waals surface area contributed by atoms with Crippen LogP contribution in [0.1, 0.15) is 0 Å². The summed E-state index contributed by atoms with van der Waals surface area (Å²) in [5, 5.41) is 4.84. The first kappa shape index (κ1) is 15.2. The number of rotatable bonds is 0. The highest BCUT2D eigenvalue weighted by Gasteiger charge is 2.40. The van der Waals surface area contributed by atoms with Gasteiger partial charge in [-0.2, -0.15) is 0 Å². The summed E-state index contributed by atoms with van der Waals surface area (Å²) in [5.74, 6) is 3.63. The van der Waals surface area contributed by atoms with E-state index in [9.17, 15) is 0 Å². The van der Waals surface area contributed by atoms with Crippen molar-refractivity contribution in [2.75, 3.05) is 0 Å². The molecule has 0 bridgehead atoms. The highest BCUT2D eigenvalue weighted by atomic mass is 16.5. The van der Waals surface area contributed by atoms with E-state index in [-0.39, 0.29) is 6.71 Å². The van der Waals surface area contributed by atoms with Crippen molar-refractivity contribution in [3.63, 3.8) is 0 Å². The Labute approximate surface area is 168 Å². The van der Waals surface area contributed by atoms with Crippen LogP contribution in [0.25, 0.3) is 21.5 Å². The van der Waals surface area contributed by atoms with E-state index in [1.165, 1.54) is 32.5 Å². The summed E-state index contributed by atoms with van der Waals surface area (Å²) >= 11 is 0. The Morgan fingerprint density at radius 3 is 1.38 bits per heavy atom. The zero-order valence-corrected chi connectivity index (χ0v) is 15.6. The van der Waals surface area contributed by atoms with E-state index in [2.05, 4.69) is 72.8 Å². The lowest BCUT2D eigenvalue weighted by atomic mass is 9.34. The molecule has 0 unspecified atom stereocenters. The fourth-order valence-corrected chi connectivity index (χ4v) is 4.80. The Kier molecular flexibility index (Phi) is 2.85. The van der Waals surface area contributed by atoms with Crippen LogP contribution in [-0.2, 0) is 0 Å². The van der Waals surface area contributed by atoms with Crippen LogP contribution in [-0.4, -0.2) is 6.71 Å². The van der Waals surface area contributed by atoms with E-state index in [4.69, 9.17) is 9.47 Å². The fraction of sp³-hybridized carbons (Fsp3) is 0. The number of hydrogen-bond acceptors (Lipinski definition) is 2. The molecule has 2 nitrogen and oxygen atoms in total. The molecule has 5 aromatic rings. The molecule has 3 heteroatoms. The Balaban J connectivity index is 1.58. The van der Waals surface area contributed by atoms with Gasteiger partial charge in [0, 0.05) is 5.46 Å². The molecular weight excluding hydrogens is 355 g/mol. The highest BCUT2D eigenvalue weighted by molar-refractivity contribution is 6.98. The molecule has 0 aliphatic carbocycles. The molecule has 0 radical (unpaired) electrons. The molecule has 134 valence electrons. The molecule has 5 aromatic carbocycles. The van der Waals surface area contributed by atoms with Gasteiger partial charge in [0.1, 0.15) is 23.0 Å². The van der Waals surface area contributed by atoms with Crippen molar-refractivity contribution in [3.05, 3.63) is 91.0 Å². The molecule has 29 heavy (non-hydrogen) atoms. The van der Waals surface area contributed by atoms with Gasteiger partial charge < -0.3 is 9.47 Å². The molecule has 2 aliphatic heterocycles. The quantitative estimate of drug-likeness (QED) is 0.360. The molecule has 0 saturated heterocycles. The van der Waals surface area contributed by atoms with Gasteiger partial charge in [0.05, 0.1) is 0 Å². The fourth-order valence-electron chi connectivity index (χ4n) is 4.80. The number of fused-ring (bicyclic) bond motifs is 6. The minimum Gasteiger partial charge on any atom is -0.458 e. The standard InChI is InChI=1S/C26H15BO2/c1-3-8-18-14-24-20(12-16(18)6-1)27-21-13-17-7-2-4-9-19(17)15-25(21)29-23-11-5-10-22(28-24)26(23)27/h1-15H. The third-order valence-corrected chi connectivity index (χ3v) is 6.13. The molecule has 7 rings (SSSR count). The molecule has 2 aliphatic rings. The molecule has 0 amide bonds. The molecule has 0 aromatic heterocycles. The molecule has 0 N–H and O–H groups in total. The Hall–Kier alpha value is -3.72. The molecule has 0 spiro atoms. The first-order valence-electron chi connectivity index (χ1n) is 9.89. The summed E-state index contributed by atoms with van der Waals surface area (Å²) < 4.78 is 12.7. The van der Waals surface area contributed by atoms with Crippen molar-refractivity contribution in [3.8, 4) is 23.0 Å². The zero-order chi connectivity index (χ0) is 18.9. The molecule has 0 saturated carbocycles. The topological polar surface area (TPSA) is 18.5 Å². The second-order valence-electron chi connectivity index (χ2n) is 7.78. The smallest absolute Gasteiger partial charge is 0.260 e. The predicted molar refractivity (Wildman–Crippen MR) is 119 cm³/mol. The van der Waals surface area contributed by atoms with E-state index in [0.717, 1.165) is 28.5 Å². The van der Waals surface area contributed by atoms with Crippen LogP contribution >= 0.6 is 0 Å². The lowest BCUT2D eigenvalue weighted by Gasteiger charge is -2.33. The van der Waals surface area contributed by atoms with Gasteiger partial charge >= 0.3 is 0 Å². The predicted octanol–water partition coefficient (Wildman–Crippen LogP) is 4.72. The average Bonchev–Trinajstić information content (AvgIpc) is 2.76. The van der Waals surface area contributed by atoms with Crippen LogP contribution in [0.5, 0.6) is 23.0 Å². The van der Waals surface area contributed by atoms with Gasteiger partial charge in [0.15, 0.2) is 0 Å². The van der Waals surface area contributed by atoms with Crippen LogP contribution in [0.4, 0.5) is 0 Å². The van der Waals surface area contributed by atoms with Crippen LogP contribution in [0.15, 0.2) is 91.0 Å². The Morgan fingerprint density at radius 1 is 0.448 bits per heavy atom. The van der Waals surface area contributed by atoms with Crippen molar-refractivity contribution >= 4 is 44.6 Å². The lowest BCUT2D eigenvalue weighted by molar-refractivity contribution is 0.465. The van der Waals surface area contributed by atoms with Gasteiger partial charge in [0.2, 0.25) is 0 Å². The first-order chi connectivity index (χ1) is 14.3. The monoisotopic (exact) mass is 370 g/mol. The Bertz CT molecular complexity index is 1360. The van der Waals surface area contributed by atoms with Crippen LogP contribution in [0.3, 0.4) is 0 Å². The highest BCUT2D eigenvalue weighted by Crippen LogP contribution is 2.36. The van der Waals surface area contributed by atoms with Crippen molar-refractivity contribution in [1.82, 2.24) is 0 Å². The van der Waals surface area contributed by atoms with Crippen molar-refractivity contribution in [1.29, 1.82) is 0 Å². The van der Waals surface area contributed by atoms with E-state index < -0.39 is 0 Å². The summed E-state index contributed by atoms with van der Waals surface area (Å²) in [6.07, 6.45) is 0. The SMILES string of the molecule is c1cc2c3c(c1)Oc1cc4ccccc4cc1B3c1cc3ccccc3cc1O2. The third-order valence-electron chi connectivity index (χ3n) is 6.13. The van der Waals surface area contributed by atoms with Crippen LogP contribution < -0.4 is 25.9 Å². The first-order valence-corrected chi connectivity index (χ1v) is 9.89.